The molecule has 0 fully saturated rings. The summed E-state index contributed by atoms with van der Waals surface area (Å²) >= 11 is 0. The van der Waals surface area contributed by atoms with E-state index in [-0.39, 0.29) is 5.41 Å². The first-order valence-electron chi connectivity index (χ1n) is 5.03. The Bertz CT molecular complexity index is 438. The third-order valence-electron chi connectivity index (χ3n) is 2.36. The number of nitrogens with one attached hydrogen (secondary N) is 1. The fraction of sp³-hybridized carbons (Fsp3) is 0.333. The third kappa shape index (κ3) is 2.06. The summed E-state index contributed by atoms with van der Waals surface area (Å²) in [5.74, 6) is 0. The van der Waals surface area contributed by atoms with Gasteiger partial charge in [0.1, 0.15) is 0 Å². The molecule has 3 nitrogen and oxygen atoms in total. The minimum absolute atomic E-state index is 0.0831. The summed E-state index contributed by atoms with van der Waals surface area (Å²) in [5, 5.41) is 6.76. The second-order valence-corrected chi connectivity index (χ2v) is 4.67. The first-order valence-corrected chi connectivity index (χ1v) is 5.03. The third-order valence-corrected chi connectivity index (χ3v) is 2.36. The van der Waals surface area contributed by atoms with Crippen molar-refractivity contribution in [2.45, 2.75) is 26.2 Å². The van der Waals surface area contributed by atoms with Crippen molar-refractivity contribution in [1.29, 1.82) is 0 Å². The Kier molecular flexibility index (Phi) is 2.31. The molecule has 78 valence electrons. The summed E-state index contributed by atoms with van der Waals surface area (Å²) in [4.78, 5) is 4.39. The Morgan fingerprint density at radius 1 is 1.20 bits per heavy atom. The molecule has 0 atom stereocenters. The monoisotopic (exact) mass is 201 g/mol. The molecule has 0 amide bonds. The summed E-state index contributed by atoms with van der Waals surface area (Å²) in [6, 6.07) is 4.12. The van der Waals surface area contributed by atoms with E-state index in [2.05, 4.69) is 42.0 Å². The minimum Gasteiger partial charge on any atom is -0.285 e. The van der Waals surface area contributed by atoms with E-state index in [1.165, 1.54) is 0 Å². The van der Waals surface area contributed by atoms with Crippen LogP contribution < -0.4 is 0 Å². The summed E-state index contributed by atoms with van der Waals surface area (Å²) < 4.78 is 0. The molecule has 0 aliphatic rings. The van der Waals surface area contributed by atoms with E-state index in [0.29, 0.717) is 0 Å². The lowest BCUT2D eigenvalue weighted by atomic mass is 9.90. The normalized spacial score (nSPS) is 11.7. The standard InChI is InChI=1S/C12H15N3/c1-12(2,3)11-6-9(4-5-13-11)10-7-14-15-8-10/h4-8H,1-3H3,(H,14,15). The molecule has 2 aromatic rings. The highest BCUT2D eigenvalue weighted by Crippen LogP contribution is 2.24. The van der Waals surface area contributed by atoms with Crippen LogP contribution in [0.2, 0.25) is 0 Å². The van der Waals surface area contributed by atoms with Crippen LogP contribution in [0.3, 0.4) is 0 Å². The molecule has 3 heteroatoms. The molecule has 2 heterocycles. The number of H-pyrrole nitrogens is 1. The van der Waals surface area contributed by atoms with Crippen LogP contribution in [0.5, 0.6) is 0 Å². The first kappa shape index (κ1) is 9.90. The molecule has 15 heavy (non-hydrogen) atoms. The fourth-order valence-corrected chi connectivity index (χ4v) is 1.43. The van der Waals surface area contributed by atoms with Crippen LogP contribution in [0, 0.1) is 0 Å². The quantitative estimate of drug-likeness (QED) is 0.770. The summed E-state index contributed by atoms with van der Waals surface area (Å²) in [6.07, 6.45) is 5.56. The molecule has 0 unspecified atom stereocenters. The topological polar surface area (TPSA) is 41.6 Å². The Morgan fingerprint density at radius 2 is 2.00 bits per heavy atom. The van der Waals surface area contributed by atoms with Gasteiger partial charge < -0.3 is 0 Å². The van der Waals surface area contributed by atoms with Gasteiger partial charge in [0.15, 0.2) is 0 Å². The number of nitrogens with zero attached hydrogens (tertiary/aromatic N) is 2. The van der Waals surface area contributed by atoms with E-state index >= 15 is 0 Å². The van der Waals surface area contributed by atoms with Crippen LogP contribution in [0.1, 0.15) is 26.5 Å². The van der Waals surface area contributed by atoms with Gasteiger partial charge in [0.05, 0.1) is 6.20 Å². The predicted molar refractivity (Wildman–Crippen MR) is 60.5 cm³/mol. The van der Waals surface area contributed by atoms with Crippen molar-refractivity contribution in [2.24, 2.45) is 0 Å². The fourth-order valence-electron chi connectivity index (χ4n) is 1.43. The van der Waals surface area contributed by atoms with Crippen molar-refractivity contribution in [3.8, 4) is 11.1 Å². The molecule has 0 aliphatic heterocycles. The van der Waals surface area contributed by atoms with Crippen LogP contribution in [-0.2, 0) is 5.41 Å². The highest BCUT2D eigenvalue weighted by Gasteiger charge is 2.15. The molecule has 0 saturated heterocycles. The van der Waals surface area contributed by atoms with Crippen molar-refractivity contribution in [3.63, 3.8) is 0 Å². The minimum atomic E-state index is 0.0831. The highest BCUT2D eigenvalue weighted by molar-refractivity contribution is 5.61. The molecule has 0 saturated carbocycles. The van der Waals surface area contributed by atoms with E-state index in [0.717, 1.165) is 16.8 Å². The average molecular weight is 201 g/mol. The zero-order chi connectivity index (χ0) is 10.9. The Labute approximate surface area is 89.6 Å². The summed E-state index contributed by atoms with van der Waals surface area (Å²) in [7, 11) is 0. The zero-order valence-electron chi connectivity index (χ0n) is 9.28. The van der Waals surface area contributed by atoms with Gasteiger partial charge in [-0.05, 0) is 17.7 Å². The van der Waals surface area contributed by atoms with Crippen LogP contribution in [0.4, 0.5) is 0 Å². The second kappa shape index (κ2) is 3.50. The maximum absolute atomic E-state index is 4.39. The largest absolute Gasteiger partial charge is 0.285 e. The Morgan fingerprint density at radius 3 is 2.60 bits per heavy atom. The smallest absolute Gasteiger partial charge is 0.0565 e. The van der Waals surface area contributed by atoms with Crippen LogP contribution in [-0.4, -0.2) is 15.2 Å². The van der Waals surface area contributed by atoms with Crippen molar-refractivity contribution in [3.05, 3.63) is 36.4 Å². The number of aromatic amines is 1. The van der Waals surface area contributed by atoms with E-state index in [1.54, 1.807) is 0 Å². The van der Waals surface area contributed by atoms with Crippen LogP contribution >= 0.6 is 0 Å². The maximum Gasteiger partial charge on any atom is 0.0565 e. The van der Waals surface area contributed by atoms with Crippen LogP contribution in [0.25, 0.3) is 11.1 Å². The van der Waals surface area contributed by atoms with Gasteiger partial charge in [0, 0.05) is 29.1 Å². The van der Waals surface area contributed by atoms with Gasteiger partial charge in [-0.3, -0.25) is 10.1 Å². The van der Waals surface area contributed by atoms with Crippen LogP contribution in [0.15, 0.2) is 30.7 Å². The Balaban J connectivity index is 2.44. The molecule has 0 aliphatic carbocycles. The molecule has 1 N–H and O–H groups in total. The molecule has 2 aromatic heterocycles. The maximum atomic E-state index is 4.39. The van der Waals surface area contributed by atoms with E-state index < -0.39 is 0 Å². The molecule has 2 rings (SSSR count). The zero-order valence-corrected chi connectivity index (χ0v) is 9.28. The van der Waals surface area contributed by atoms with Crippen molar-refractivity contribution in [2.75, 3.05) is 0 Å². The SMILES string of the molecule is CC(C)(C)c1cc(-c2cn[nH]c2)ccn1. The molecular weight excluding hydrogens is 186 g/mol. The first-order chi connectivity index (χ1) is 7.07. The van der Waals surface area contributed by atoms with Gasteiger partial charge >= 0.3 is 0 Å². The van der Waals surface area contributed by atoms with E-state index in [1.807, 2.05) is 24.7 Å². The summed E-state index contributed by atoms with van der Waals surface area (Å²) in [6.45, 7) is 6.48. The predicted octanol–water partition coefficient (Wildman–Crippen LogP) is 2.77. The number of aromatic nitrogens is 3. The molecule has 0 aromatic carbocycles. The molecule has 0 spiro atoms. The lowest BCUT2D eigenvalue weighted by molar-refractivity contribution is 0.569. The lowest BCUT2D eigenvalue weighted by Crippen LogP contribution is -2.13. The molecule has 0 bridgehead atoms. The average Bonchev–Trinajstić information content (AvgIpc) is 2.69. The van der Waals surface area contributed by atoms with Gasteiger partial charge in [-0.25, -0.2) is 0 Å². The van der Waals surface area contributed by atoms with Crippen molar-refractivity contribution in [1.82, 2.24) is 15.2 Å². The van der Waals surface area contributed by atoms with Gasteiger partial charge in [-0.15, -0.1) is 0 Å². The second-order valence-electron chi connectivity index (χ2n) is 4.67. The van der Waals surface area contributed by atoms with E-state index in [9.17, 15) is 0 Å². The highest BCUT2D eigenvalue weighted by atomic mass is 15.1. The Hall–Kier alpha value is -1.64. The van der Waals surface area contributed by atoms with Gasteiger partial charge in [-0.1, -0.05) is 20.8 Å². The lowest BCUT2D eigenvalue weighted by Gasteiger charge is -2.17. The van der Waals surface area contributed by atoms with Crippen molar-refractivity contribution < 1.29 is 0 Å². The number of hydrogen-bond acceptors (Lipinski definition) is 2. The number of pyridine rings is 1. The molecular formula is C12H15N3. The van der Waals surface area contributed by atoms with Gasteiger partial charge in [0.25, 0.3) is 0 Å². The van der Waals surface area contributed by atoms with Gasteiger partial charge in [0.2, 0.25) is 0 Å². The molecule has 0 radical (unpaired) electrons. The summed E-state index contributed by atoms with van der Waals surface area (Å²) in [5.41, 5.74) is 3.44. The number of rotatable bonds is 1. The number of hydrogen-bond donors (Lipinski definition) is 1. The van der Waals surface area contributed by atoms with Crippen molar-refractivity contribution >= 4 is 0 Å². The van der Waals surface area contributed by atoms with E-state index in [4.69, 9.17) is 0 Å². The van der Waals surface area contributed by atoms with Gasteiger partial charge in [-0.2, -0.15) is 5.10 Å².